The minimum Gasteiger partial charge on any atom is -0.465 e. The van der Waals surface area contributed by atoms with Gasteiger partial charge in [-0.1, -0.05) is 0 Å². The molecule has 0 unspecified atom stereocenters. The smallest absolute Gasteiger partial charge is 0.339 e. The number of nitrogens with zero attached hydrogens (tertiary/aromatic N) is 2. The van der Waals surface area contributed by atoms with Crippen LogP contribution in [0.5, 0.6) is 0 Å². The molecule has 0 aliphatic rings. The molecule has 0 fully saturated rings. The van der Waals surface area contributed by atoms with Gasteiger partial charge in [0.05, 0.1) is 24.9 Å². The molecule has 2 aromatic heterocycles. The Morgan fingerprint density at radius 1 is 1.50 bits per heavy atom. The van der Waals surface area contributed by atoms with Crippen LogP contribution in [0.2, 0.25) is 0 Å². The van der Waals surface area contributed by atoms with Crippen LogP contribution >= 0.6 is 0 Å². The number of methoxy groups -OCH3 is 1. The lowest BCUT2D eigenvalue weighted by Gasteiger charge is -2.07. The van der Waals surface area contributed by atoms with Gasteiger partial charge in [-0.2, -0.15) is 0 Å². The molecule has 0 aliphatic carbocycles. The van der Waals surface area contributed by atoms with E-state index in [1.165, 1.54) is 7.11 Å². The molecule has 0 atom stereocenters. The number of carbonyl (C=O) groups is 1. The fraction of sp³-hybridized carbons (Fsp3) is 0.250. The highest BCUT2D eigenvalue weighted by atomic mass is 16.5. The third-order valence-corrected chi connectivity index (χ3v) is 2.48. The first-order valence-electron chi connectivity index (χ1n) is 5.49. The second-order valence-corrected chi connectivity index (χ2v) is 3.71. The van der Waals surface area contributed by atoms with Gasteiger partial charge < -0.3 is 15.0 Å². The SMILES string of the molecule is COC(=O)c1ccc(NCc2ncc[nH]2)nc1C. The van der Waals surface area contributed by atoms with Crippen LogP contribution in [0.4, 0.5) is 5.82 Å². The molecule has 2 heterocycles. The largest absolute Gasteiger partial charge is 0.465 e. The van der Waals surface area contributed by atoms with Crippen LogP contribution in [-0.4, -0.2) is 28.0 Å². The van der Waals surface area contributed by atoms with Gasteiger partial charge in [0.15, 0.2) is 0 Å². The van der Waals surface area contributed by atoms with Crippen LogP contribution in [0.1, 0.15) is 21.9 Å². The molecular formula is C12H14N4O2. The Morgan fingerprint density at radius 2 is 2.33 bits per heavy atom. The molecule has 0 aliphatic heterocycles. The number of imidazole rings is 1. The first kappa shape index (κ1) is 12.1. The van der Waals surface area contributed by atoms with Crippen molar-refractivity contribution in [3.63, 3.8) is 0 Å². The van der Waals surface area contributed by atoms with E-state index < -0.39 is 0 Å². The van der Waals surface area contributed by atoms with Crippen molar-refractivity contribution in [2.24, 2.45) is 0 Å². The number of carbonyl (C=O) groups excluding carboxylic acids is 1. The van der Waals surface area contributed by atoms with Crippen LogP contribution in [0.25, 0.3) is 0 Å². The maximum Gasteiger partial charge on any atom is 0.339 e. The van der Waals surface area contributed by atoms with E-state index in [1.54, 1.807) is 31.5 Å². The molecule has 18 heavy (non-hydrogen) atoms. The Balaban J connectivity index is 2.07. The van der Waals surface area contributed by atoms with Crippen molar-refractivity contribution < 1.29 is 9.53 Å². The van der Waals surface area contributed by atoms with E-state index in [0.29, 0.717) is 23.6 Å². The van der Waals surface area contributed by atoms with Gasteiger partial charge in [-0.25, -0.2) is 14.8 Å². The summed E-state index contributed by atoms with van der Waals surface area (Å²) in [5, 5.41) is 3.12. The third kappa shape index (κ3) is 2.65. The van der Waals surface area contributed by atoms with Crippen molar-refractivity contribution in [2.45, 2.75) is 13.5 Å². The quantitative estimate of drug-likeness (QED) is 0.799. The number of ether oxygens (including phenoxy) is 1. The van der Waals surface area contributed by atoms with Crippen molar-refractivity contribution in [1.29, 1.82) is 0 Å². The van der Waals surface area contributed by atoms with Crippen LogP contribution < -0.4 is 5.32 Å². The molecule has 2 aromatic rings. The van der Waals surface area contributed by atoms with E-state index in [0.717, 1.165) is 5.82 Å². The highest BCUT2D eigenvalue weighted by Gasteiger charge is 2.10. The van der Waals surface area contributed by atoms with Crippen LogP contribution in [-0.2, 0) is 11.3 Å². The van der Waals surface area contributed by atoms with Gasteiger partial charge in [-0.3, -0.25) is 0 Å². The number of aryl methyl sites for hydroxylation is 1. The monoisotopic (exact) mass is 246 g/mol. The molecule has 6 heteroatoms. The van der Waals surface area contributed by atoms with Crippen molar-refractivity contribution in [3.05, 3.63) is 41.6 Å². The number of nitrogens with one attached hydrogen (secondary N) is 2. The van der Waals surface area contributed by atoms with Gasteiger partial charge in [-0.05, 0) is 19.1 Å². The van der Waals surface area contributed by atoms with Gasteiger partial charge in [0, 0.05) is 12.4 Å². The summed E-state index contributed by atoms with van der Waals surface area (Å²) < 4.78 is 4.66. The summed E-state index contributed by atoms with van der Waals surface area (Å²) in [6, 6.07) is 3.43. The second-order valence-electron chi connectivity index (χ2n) is 3.71. The number of anilines is 1. The normalized spacial score (nSPS) is 10.1. The number of hydrogen-bond acceptors (Lipinski definition) is 5. The summed E-state index contributed by atoms with van der Waals surface area (Å²) in [7, 11) is 1.35. The lowest BCUT2D eigenvalue weighted by atomic mass is 10.2. The molecule has 2 N–H and O–H groups in total. The molecule has 0 radical (unpaired) electrons. The lowest BCUT2D eigenvalue weighted by Crippen LogP contribution is -2.08. The van der Waals surface area contributed by atoms with E-state index in [9.17, 15) is 4.79 Å². The number of pyridine rings is 1. The predicted molar refractivity (Wildman–Crippen MR) is 66.2 cm³/mol. The number of aromatic nitrogens is 3. The van der Waals surface area contributed by atoms with Crippen molar-refractivity contribution in [3.8, 4) is 0 Å². The van der Waals surface area contributed by atoms with E-state index in [4.69, 9.17) is 0 Å². The average molecular weight is 246 g/mol. The number of aromatic amines is 1. The zero-order valence-electron chi connectivity index (χ0n) is 10.2. The standard InChI is InChI=1S/C12H14N4O2/c1-8-9(12(17)18-2)3-4-10(16-8)15-7-11-13-5-6-14-11/h3-6H,7H2,1-2H3,(H,13,14)(H,15,16). The number of esters is 1. The number of hydrogen-bond donors (Lipinski definition) is 2. The van der Waals surface area contributed by atoms with Crippen molar-refractivity contribution in [2.75, 3.05) is 12.4 Å². The Labute approximate surface area is 104 Å². The summed E-state index contributed by atoms with van der Waals surface area (Å²) >= 11 is 0. The van der Waals surface area contributed by atoms with Gasteiger partial charge in [0.2, 0.25) is 0 Å². The fourth-order valence-electron chi connectivity index (χ4n) is 1.55. The first-order valence-corrected chi connectivity index (χ1v) is 5.49. The summed E-state index contributed by atoms with van der Waals surface area (Å²) in [6.07, 6.45) is 3.45. The molecule has 6 nitrogen and oxygen atoms in total. The molecule has 0 spiro atoms. The zero-order chi connectivity index (χ0) is 13.0. The highest BCUT2D eigenvalue weighted by Crippen LogP contribution is 2.12. The average Bonchev–Trinajstić information content (AvgIpc) is 2.88. The summed E-state index contributed by atoms with van der Waals surface area (Å²) in [6.45, 7) is 2.32. The topological polar surface area (TPSA) is 79.9 Å². The maximum absolute atomic E-state index is 11.4. The Morgan fingerprint density at radius 3 is 2.94 bits per heavy atom. The highest BCUT2D eigenvalue weighted by molar-refractivity contribution is 5.90. The molecule has 0 saturated heterocycles. The van der Waals surface area contributed by atoms with Crippen LogP contribution in [0.15, 0.2) is 24.5 Å². The van der Waals surface area contributed by atoms with E-state index in [1.807, 2.05) is 0 Å². The minimum absolute atomic E-state index is 0.377. The number of rotatable bonds is 4. The predicted octanol–water partition coefficient (Wildman–Crippen LogP) is 1.51. The minimum atomic E-state index is -0.377. The molecular weight excluding hydrogens is 232 g/mol. The Kier molecular flexibility index (Phi) is 3.57. The fourth-order valence-corrected chi connectivity index (χ4v) is 1.55. The van der Waals surface area contributed by atoms with Crippen LogP contribution in [0, 0.1) is 6.92 Å². The first-order chi connectivity index (χ1) is 8.70. The van der Waals surface area contributed by atoms with Crippen LogP contribution in [0.3, 0.4) is 0 Å². The Bertz CT molecular complexity index is 537. The van der Waals surface area contributed by atoms with Gasteiger partial charge in [-0.15, -0.1) is 0 Å². The summed E-state index contributed by atoms with van der Waals surface area (Å²) in [4.78, 5) is 22.8. The van der Waals surface area contributed by atoms with E-state index in [2.05, 4.69) is 25.0 Å². The molecule has 0 aromatic carbocycles. The Hall–Kier alpha value is -2.37. The van der Waals surface area contributed by atoms with Gasteiger partial charge in [0.25, 0.3) is 0 Å². The molecule has 0 saturated carbocycles. The van der Waals surface area contributed by atoms with Crippen molar-refractivity contribution in [1.82, 2.24) is 15.0 Å². The zero-order valence-corrected chi connectivity index (χ0v) is 10.2. The summed E-state index contributed by atoms with van der Waals surface area (Å²) in [5.41, 5.74) is 1.10. The molecule has 94 valence electrons. The van der Waals surface area contributed by atoms with E-state index >= 15 is 0 Å². The molecule has 0 amide bonds. The molecule has 2 rings (SSSR count). The van der Waals surface area contributed by atoms with E-state index in [-0.39, 0.29) is 5.97 Å². The van der Waals surface area contributed by atoms with Crippen molar-refractivity contribution >= 4 is 11.8 Å². The third-order valence-electron chi connectivity index (χ3n) is 2.48. The maximum atomic E-state index is 11.4. The molecule has 0 bridgehead atoms. The van der Waals surface area contributed by atoms with Gasteiger partial charge >= 0.3 is 5.97 Å². The lowest BCUT2D eigenvalue weighted by molar-refractivity contribution is 0.0599. The second kappa shape index (κ2) is 5.31. The van der Waals surface area contributed by atoms with Gasteiger partial charge in [0.1, 0.15) is 11.6 Å². The summed E-state index contributed by atoms with van der Waals surface area (Å²) in [5.74, 6) is 1.14. The number of H-pyrrole nitrogens is 1.